The van der Waals surface area contributed by atoms with Crippen molar-refractivity contribution in [2.75, 3.05) is 5.73 Å². The highest BCUT2D eigenvalue weighted by atomic mass is 35.5. The van der Waals surface area contributed by atoms with Gasteiger partial charge in [-0.15, -0.1) is 5.10 Å². The van der Waals surface area contributed by atoms with Gasteiger partial charge in [-0.2, -0.15) is 9.67 Å². The Kier molecular flexibility index (Phi) is 2.78. The molecule has 0 saturated carbocycles. The quantitative estimate of drug-likeness (QED) is 0.876. The molecule has 2 N–H and O–H groups in total. The molecule has 1 aromatic heterocycles. The zero-order valence-electron chi connectivity index (χ0n) is 8.61. The molecule has 6 heteroatoms. The SMILES string of the molecule is CCc1nc(N)n(-c2c(F)cccc2Cl)n1. The molecule has 0 amide bonds. The number of aromatic nitrogens is 3. The first-order valence-electron chi connectivity index (χ1n) is 4.79. The van der Waals surface area contributed by atoms with Crippen molar-refractivity contribution < 1.29 is 4.39 Å². The minimum absolute atomic E-state index is 0.129. The maximum absolute atomic E-state index is 13.6. The van der Waals surface area contributed by atoms with Crippen LogP contribution in [0.5, 0.6) is 0 Å². The first-order chi connectivity index (χ1) is 7.63. The van der Waals surface area contributed by atoms with E-state index in [-0.39, 0.29) is 16.7 Å². The van der Waals surface area contributed by atoms with Crippen LogP contribution in [0.25, 0.3) is 5.69 Å². The average molecular weight is 241 g/mol. The van der Waals surface area contributed by atoms with Crippen molar-refractivity contribution in [3.05, 3.63) is 34.9 Å². The highest BCUT2D eigenvalue weighted by Gasteiger charge is 2.14. The number of nitrogen functional groups attached to an aromatic ring is 1. The topological polar surface area (TPSA) is 56.7 Å². The average Bonchev–Trinajstić information content (AvgIpc) is 2.60. The van der Waals surface area contributed by atoms with Gasteiger partial charge in [0.15, 0.2) is 11.6 Å². The summed E-state index contributed by atoms with van der Waals surface area (Å²) in [6, 6.07) is 4.40. The van der Waals surface area contributed by atoms with Crippen LogP contribution < -0.4 is 5.73 Å². The van der Waals surface area contributed by atoms with Crippen LogP contribution in [0.2, 0.25) is 5.02 Å². The van der Waals surface area contributed by atoms with Crippen LogP contribution in [0.1, 0.15) is 12.7 Å². The van der Waals surface area contributed by atoms with Crippen molar-refractivity contribution >= 4 is 17.5 Å². The van der Waals surface area contributed by atoms with Crippen LogP contribution in [0, 0.1) is 5.82 Å². The molecule has 0 atom stereocenters. The maximum Gasteiger partial charge on any atom is 0.223 e. The maximum atomic E-state index is 13.6. The predicted molar refractivity (Wildman–Crippen MR) is 60.1 cm³/mol. The number of nitrogens with two attached hydrogens (primary N) is 1. The lowest BCUT2D eigenvalue weighted by Crippen LogP contribution is -2.05. The van der Waals surface area contributed by atoms with Crippen LogP contribution in [-0.4, -0.2) is 14.8 Å². The van der Waals surface area contributed by atoms with Crippen molar-refractivity contribution in [2.45, 2.75) is 13.3 Å². The third-order valence-electron chi connectivity index (χ3n) is 2.14. The summed E-state index contributed by atoms with van der Waals surface area (Å²) in [7, 11) is 0. The van der Waals surface area contributed by atoms with Gasteiger partial charge in [-0.3, -0.25) is 0 Å². The second-order valence-electron chi connectivity index (χ2n) is 3.22. The number of hydrogen-bond donors (Lipinski definition) is 1. The number of nitrogens with zero attached hydrogens (tertiary/aromatic N) is 3. The van der Waals surface area contributed by atoms with E-state index in [0.717, 1.165) is 0 Å². The molecule has 1 aromatic carbocycles. The number of para-hydroxylation sites is 1. The first-order valence-corrected chi connectivity index (χ1v) is 5.17. The van der Waals surface area contributed by atoms with Crippen LogP contribution in [-0.2, 0) is 6.42 Å². The van der Waals surface area contributed by atoms with Gasteiger partial charge in [0.25, 0.3) is 0 Å². The molecule has 0 unspecified atom stereocenters. The lowest BCUT2D eigenvalue weighted by molar-refractivity contribution is 0.611. The molecular formula is C10H10ClFN4. The predicted octanol–water partition coefficient (Wildman–Crippen LogP) is 2.20. The number of benzene rings is 1. The van der Waals surface area contributed by atoms with Crippen molar-refractivity contribution in [1.29, 1.82) is 0 Å². The molecule has 1 heterocycles. The third kappa shape index (κ3) is 1.74. The first kappa shape index (κ1) is 10.9. The summed E-state index contributed by atoms with van der Waals surface area (Å²) >= 11 is 5.90. The molecule has 0 aliphatic carbocycles. The van der Waals surface area contributed by atoms with Gasteiger partial charge in [0, 0.05) is 6.42 Å². The highest BCUT2D eigenvalue weighted by molar-refractivity contribution is 6.32. The normalized spacial score (nSPS) is 10.7. The van der Waals surface area contributed by atoms with Gasteiger partial charge in [0.2, 0.25) is 5.95 Å². The summed E-state index contributed by atoms with van der Waals surface area (Å²) in [6.07, 6.45) is 0.628. The Morgan fingerprint density at radius 1 is 1.50 bits per heavy atom. The Morgan fingerprint density at radius 3 is 2.81 bits per heavy atom. The van der Waals surface area contributed by atoms with Gasteiger partial charge >= 0.3 is 0 Å². The van der Waals surface area contributed by atoms with Gasteiger partial charge in [-0.05, 0) is 12.1 Å². The van der Waals surface area contributed by atoms with E-state index < -0.39 is 5.82 Å². The molecule has 0 saturated heterocycles. The zero-order chi connectivity index (χ0) is 11.7. The molecule has 0 fully saturated rings. The van der Waals surface area contributed by atoms with Crippen LogP contribution in [0.4, 0.5) is 10.3 Å². The fourth-order valence-corrected chi connectivity index (χ4v) is 1.62. The van der Waals surface area contributed by atoms with E-state index in [4.69, 9.17) is 17.3 Å². The summed E-state index contributed by atoms with van der Waals surface area (Å²) in [5.41, 5.74) is 5.78. The number of rotatable bonds is 2. The smallest absolute Gasteiger partial charge is 0.223 e. The number of aryl methyl sites for hydroxylation is 1. The minimum Gasteiger partial charge on any atom is -0.368 e. The summed E-state index contributed by atoms with van der Waals surface area (Å²) < 4.78 is 14.8. The largest absolute Gasteiger partial charge is 0.368 e. The van der Waals surface area contributed by atoms with Gasteiger partial charge in [0.05, 0.1) is 5.02 Å². The molecule has 0 bridgehead atoms. The van der Waals surface area contributed by atoms with Crippen molar-refractivity contribution in [1.82, 2.24) is 14.8 Å². The van der Waals surface area contributed by atoms with E-state index >= 15 is 0 Å². The number of hydrogen-bond acceptors (Lipinski definition) is 3. The highest BCUT2D eigenvalue weighted by Crippen LogP contribution is 2.24. The molecular weight excluding hydrogens is 231 g/mol. The zero-order valence-corrected chi connectivity index (χ0v) is 9.37. The molecule has 84 valence electrons. The van der Waals surface area contributed by atoms with Crippen LogP contribution in [0.3, 0.4) is 0 Å². The van der Waals surface area contributed by atoms with Crippen molar-refractivity contribution in [2.24, 2.45) is 0 Å². The molecule has 2 rings (SSSR count). The van der Waals surface area contributed by atoms with E-state index in [1.165, 1.54) is 16.8 Å². The van der Waals surface area contributed by atoms with Crippen molar-refractivity contribution in [3.63, 3.8) is 0 Å². The fraction of sp³-hybridized carbons (Fsp3) is 0.200. The van der Waals surface area contributed by atoms with Gasteiger partial charge in [0.1, 0.15) is 5.69 Å². The Hall–Kier alpha value is -1.62. The summed E-state index contributed by atoms with van der Waals surface area (Å²) in [4.78, 5) is 3.99. The fourth-order valence-electron chi connectivity index (χ4n) is 1.37. The van der Waals surface area contributed by atoms with Gasteiger partial charge in [-0.25, -0.2) is 4.39 Å². The van der Waals surface area contributed by atoms with Crippen molar-refractivity contribution in [3.8, 4) is 5.69 Å². The number of anilines is 1. The number of halogens is 2. The third-order valence-corrected chi connectivity index (χ3v) is 2.45. The second-order valence-corrected chi connectivity index (χ2v) is 3.63. The Bertz CT molecular complexity index is 503. The van der Waals surface area contributed by atoms with E-state index in [2.05, 4.69) is 10.1 Å². The monoisotopic (exact) mass is 240 g/mol. The van der Waals surface area contributed by atoms with Crippen LogP contribution in [0.15, 0.2) is 18.2 Å². The Morgan fingerprint density at radius 2 is 2.25 bits per heavy atom. The lowest BCUT2D eigenvalue weighted by atomic mass is 10.3. The van der Waals surface area contributed by atoms with Crippen LogP contribution >= 0.6 is 11.6 Å². The second kappa shape index (κ2) is 4.09. The summed E-state index contributed by atoms with van der Waals surface area (Å²) in [5, 5.41) is 4.33. The molecule has 4 nitrogen and oxygen atoms in total. The van der Waals surface area contributed by atoms with E-state index in [9.17, 15) is 4.39 Å². The van der Waals surface area contributed by atoms with E-state index in [1.54, 1.807) is 6.07 Å². The molecule has 16 heavy (non-hydrogen) atoms. The van der Waals surface area contributed by atoms with Gasteiger partial charge in [-0.1, -0.05) is 24.6 Å². The minimum atomic E-state index is -0.480. The molecule has 0 aliphatic heterocycles. The Balaban J connectivity index is 2.62. The summed E-state index contributed by atoms with van der Waals surface area (Å²) in [6.45, 7) is 1.89. The van der Waals surface area contributed by atoms with E-state index in [0.29, 0.717) is 12.2 Å². The molecule has 0 spiro atoms. The van der Waals surface area contributed by atoms with E-state index in [1.807, 2.05) is 6.92 Å². The Labute approximate surface area is 96.9 Å². The van der Waals surface area contributed by atoms with Gasteiger partial charge < -0.3 is 5.73 Å². The molecule has 0 radical (unpaired) electrons. The lowest BCUT2D eigenvalue weighted by Gasteiger charge is -2.05. The molecule has 2 aromatic rings. The summed E-state index contributed by atoms with van der Waals surface area (Å²) in [5.74, 6) is 0.201. The molecule has 0 aliphatic rings. The standard InChI is InChI=1S/C10H10ClFN4/c1-2-8-14-10(13)16(15-8)9-6(11)4-3-5-7(9)12/h3-5H,2H2,1H3,(H2,13,14,15).